The number of unbranched alkanes of at least 4 members (excludes halogenated alkanes) is 46. The van der Waals surface area contributed by atoms with Crippen molar-refractivity contribution in [1.82, 2.24) is 5.32 Å². The van der Waals surface area contributed by atoms with Crippen LogP contribution in [0.15, 0.2) is 24.3 Å². The SMILES string of the molecule is CCCCCCCCC/C=C\CCCCCCCC(=O)OCCCCCCCCCCCCCCCCCCCCCCCCCCCCCCC(=O)NC(COC1OC(CO)C(O)C(O)C1O)C(O)/C=C/CCCCCCCCC. The monoisotopic (exact) mass is 1150 g/mol. The van der Waals surface area contributed by atoms with Crippen molar-refractivity contribution in [2.24, 2.45) is 0 Å². The van der Waals surface area contributed by atoms with Crippen molar-refractivity contribution in [3.8, 4) is 0 Å². The fourth-order valence-electron chi connectivity index (χ4n) is 11.3. The van der Waals surface area contributed by atoms with Crippen molar-refractivity contribution in [3.63, 3.8) is 0 Å². The number of hydrogen-bond acceptors (Lipinski definition) is 10. The molecule has 11 heteroatoms. The number of allylic oxidation sites excluding steroid dienone is 3. The van der Waals surface area contributed by atoms with Crippen LogP contribution in [0.5, 0.6) is 0 Å². The number of aliphatic hydroxyl groups excluding tert-OH is 5. The van der Waals surface area contributed by atoms with E-state index in [2.05, 4.69) is 31.3 Å². The first-order chi connectivity index (χ1) is 39.7. The normalized spacial score (nSPS) is 18.3. The summed E-state index contributed by atoms with van der Waals surface area (Å²) in [6.07, 6.45) is 64.7. The number of amides is 1. The molecule has 81 heavy (non-hydrogen) atoms. The number of aliphatic hydroxyl groups is 5. The summed E-state index contributed by atoms with van der Waals surface area (Å²) in [4.78, 5) is 25.1. The zero-order chi connectivity index (χ0) is 58.7. The maximum atomic E-state index is 13.0. The Balaban J connectivity index is 1.90. The summed E-state index contributed by atoms with van der Waals surface area (Å²) in [6, 6.07) is -0.806. The molecule has 11 nitrogen and oxygen atoms in total. The predicted octanol–water partition coefficient (Wildman–Crippen LogP) is 17.6. The van der Waals surface area contributed by atoms with E-state index >= 15 is 0 Å². The van der Waals surface area contributed by atoms with Crippen molar-refractivity contribution in [2.75, 3.05) is 19.8 Å². The first kappa shape index (κ1) is 77.2. The molecule has 6 N–H and O–H groups in total. The van der Waals surface area contributed by atoms with Crippen molar-refractivity contribution in [3.05, 3.63) is 24.3 Å². The number of nitrogens with one attached hydrogen (secondary N) is 1. The van der Waals surface area contributed by atoms with Gasteiger partial charge in [0.2, 0.25) is 5.91 Å². The van der Waals surface area contributed by atoms with E-state index in [9.17, 15) is 35.1 Å². The fraction of sp³-hybridized carbons (Fsp3) is 0.914. The van der Waals surface area contributed by atoms with Gasteiger partial charge < -0.3 is 45.1 Å². The summed E-state index contributed by atoms with van der Waals surface area (Å²) in [5, 5.41) is 54.3. The Hall–Kier alpha value is -1.86. The largest absolute Gasteiger partial charge is 0.466 e. The molecular weight excluding hydrogens is 1010 g/mol. The molecule has 7 atom stereocenters. The van der Waals surface area contributed by atoms with E-state index in [4.69, 9.17) is 14.2 Å². The molecule has 0 saturated carbocycles. The van der Waals surface area contributed by atoms with Gasteiger partial charge in [-0.2, -0.15) is 0 Å². The third-order valence-corrected chi connectivity index (χ3v) is 16.8. The van der Waals surface area contributed by atoms with Gasteiger partial charge in [-0.15, -0.1) is 0 Å². The van der Waals surface area contributed by atoms with Gasteiger partial charge in [-0.1, -0.05) is 301 Å². The van der Waals surface area contributed by atoms with E-state index in [1.54, 1.807) is 6.08 Å². The number of esters is 1. The van der Waals surface area contributed by atoms with Gasteiger partial charge in [-0.05, 0) is 57.8 Å². The fourth-order valence-corrected chi connectivity index (χ4v) is 11.3. The number of ether oxygens (including phenoxy) is 3. The number of hydrogen-bond donors (Lipinski definition) is 6. The van der Waals surface area contributed by atoms with Gasteiger partial charge >= 0.3 is 5.97 Å². The van der Waals surface area contributed by atoms with Crippen molar-refractivity contribution < 1.29 is 49.3 Å². The summed E-state index contributed by atoms with van der Waals surface area (Å²) in [7, 11) is 0. The average molecular weight is 1150 g/mol. The number of carbonyl (C=O) groups is 2. The molecule has 478 valence electrons. The minimum atomic E-state index is -1.57. The summed E-state index contributed by atoms with van der Waals surface area (Å²) >= 11 is 0. The standard InChI is InChI=1S/C70H133NO10/c1-3-5-7-9-11-13-14-15-16-32-35-38-42-46-50-54-58-66(75)79-59-55-51-47-43-39-36-33-30-28-26-24-22-20-18-17-19-21-23-25-27-29-31-34-37-41-45-49-53-57-65(74)71-62(63(73)56-52-48-44-40-12-10-8-6-4-2)61-80-70-69(78)68(77)67(76)64(60-72)81-70/h16,32,52,56,62-64,67-70,72-73,76-78H,3-15,17-31,33-51,53-55,57-61H2,1-2H3,(H,71,74)/b32-16-,56-52+. The van der Waals surface area contributed by atoms with Crippen LogP contribution in [-0.4, -0.2) is 100 Å². The second kappa shape index (κ2) is 59.9. The van der Waals surface area contributed by atoms with Gasteiger partial charge in [0.15, 0.2) is 6.29 Å². The van der Waals surface area contributed by atoms with Gasteiger partial charge in [0.05, 0.1) is 32.0 Å². The molecule has 0 bridgehead atoms. The molecule has 0 aliphatic carbocycles. The van der Waals surface area contributed by atoms with E-state index in [1.807, 2.05) is 6.08 Å². The Morgan fingerprint density at radius 3 is 1.19 bits per heavy atom. The minimum Gasteiger partial charge on any atom is -0.466 e. The van der Waals surface area contributed by atoms with Crippen LogP contribution in [0.3, 0.4) is 0 Å². The third-order valence-electron chi connectivity index (χ3n) is 16.8. The topological polar surface area (TPSA) is 175 Å². The summed E-state index contributed by atoms with van der Waals surface area (Å²) in [5.41, 5.74) is 0. The maximum absolute atomic E-state index is 13.0. The Bertz CT molecular complexity index is 1390. The molecule has 1 aliphatic heterocycles. The van der Waals surface area contributed by atoms with E-state index in [1.165, 1.54) is 263 Å². The lowest BCUT2D eigenvalue weighted by atomic mass is 9.99. The van der Waals surface area contributed by atoms with Gasteiger partial charge in [0.25, 0.3) is 0 Å². The van der Waals surface area contributed by atoms with E-state index in [0.717, 1.165) is 57.8 Å². The molecule has 0 aromatic heterocycles. The first-order valence-corrected chi connectivity index (χ1v) is 35.1. The highest BCUT2D eigenvalue weighted by atomic mass is 16.7. The lowest BCUT2D eigenvalue weighted by molar-refractivity contribution is -0.302. The molecule has 0 spiro atoms. The number of rotatable bonds is 62. The Morgan fingerprint density at radius 1 is 0.444 bits per heavy atom. The zero-order valence-corrected chi connectivity index (χ0v) is 53.0. The lowest BCUT2D eigenvalue weighted by Gasteiger charge is -2.40. The van der Waals surface area contributed by atoms with Crippen LogP contribution in [0, 0.1) is 0 Å². The van der Waals surface area contributed by atoms with Crippen molar-refractivity contribution >= 4 is 11.9 Å². The highest BCUT2D eigenvalue weighted by molar-refractivity contribution is 5.76. The van der Waals surface area contributed by atoms with Gasteiger partial charge in [0.1, 0.15) is 24.4 Å². The van der Waals surface area contributed by atoms with Gasteiger partial charge in [-0.25, -0.2) is 0 Å². The zero-order valence-electron chi connectivity index (χ0n) is 53.0. The van der Waals surface area contributed by atoms with Crippen molar-refractivity contribution in [1.29, 1.82) is 0 Å². The molecule has 1 rings (SSSR count). The van der Waals surface area contributed by atoms with Crippen molar-refractivity contribution in [2.45, 2.75) is 391 Å². The summed E-state index contributed by atoms with van der Waals surface area (Å²) in [6.45, 7) is 4.34. The first-order valence-electron chi connectivity index (χ1n) is 35.1. The van der Waals surface area contributed by atoms with Crippen LogP contribution in [0.2, 0.25) is 0 Å². The molecule has 0 aromatic rings. The molecule has 1 fully saturated rings. The van der Waals surface area contributed by atoms with Gasteiger partial charge in [0, 0.05) is 12.8 Å². The minimum absolute atomic E-state index is 0.00278. The van der Waals surface area contributed by atoms with Gasteiger partial charge in [-0.3, -0.25) is 9.59 Å². The van der Waals surface area contributed by atoms with E-state index in [0.29, 0.717) is 19.4 Å². The van der Waals surface area contributed by atoms with Crippen LogP contribution >= 0.6 is 0 Å². The number of carbonyl (C=O) groups excluding carboxylic acids is 2. The lowest BCUT2D eigenvalue weighted by Crippen LogP contribution is -2.60. The highest BCUT2D eigenvalue weighted by Gasteiger charge is 2.44. The summed E-state index contributed by atoms with van der Waals surface area (Å²) < 4.78 is 16.7. The van der Waals surface area contributed by atoms with Crippen LogP contribution < -0.4 is 5.32 Å². The van der Waals surface area contributed by atoms with E-state index < -0.39 is 49.5 Å². The molecule has 0 radical (unpaired) electrons. The van der Waals surface area contributed by atoms with Crippen LogP contribution in [0.25, 0.3) is 0 Å². The second-order valence-corrected chi connectivity index (χ2v) is 24.6. The average Bonchev–Trinajstić information content (AvgIpc) is 3.47. The second-order valence-electron chi connectivity index (χ2n) is 24.6. The Labute approximate surface area is 499 Å². The summed E-state index contributed by atoms with van der Waals surface area (Å²) in [5.74, 6) is -0.176. The highest BCUT2D eigenvalue weighted by Crippen LogP contribution is 2.23. The van der Waals surface area contributed by atoms with Crippen LogP contribution in [0.4, 0.5) is 0 Å². The van der Waals surface area contributed by atoms with Crippen LogP contribution in [0.1, 0.15) is 348 Å². The predicted molar refractivity (Wildman–Crippen MR) is 338 cm³/mol. The Morgan fingerprint density at radius 2 is 0.790 bits per heavy atom. The molecule has 1 saturated heterocycles. The molecule has 7 unspecified atom stereocenters. The maximum Gasteiger partial charge on any atom is 0.305 e. The molecule has 1 aliphatic rings. The third kappa shape index (κ3) is 49.0. The molecule has 1 amide bonds. The smallest absolute Gasteiger partial charge is 0.305 e. The van der Waals surface area contributed by atoms with Crippen LogP contribution in [-0.2, 0) is 23.8 Å². The Kier molecular flexibility index (Phi) is 57.0. The molecule has 0 aromatic carbocycles. The molecule has 1 heterocycles. The quantitative estimate of drug-likeness (QED) is 0.0195. The molecular formula is C70H133NO10. The van der Waals surface area contributed by atoms with E-state index in [-0.39, 0.29) is 18.5 Å².